The number of nitro benzene ring substituents is 1. The first-order chi connectivity index (χ1) is 11.7. The third-order valence-corrected chi connectivity index (χ3v) is 5.79. The van der Waals surface area contributed by atoms with Crippen LogP contribution in [0.3, 0.4) is 0 Å². The Morgan fingerprint density at radius 3 is 2.31 bits per heavy atom. The first-order valence-electron chi connectivity index (χ1n) is 7.95. The molecule has 0 saturated heterocycles. The molecule has 11 heteroatoms. The molecule has 0 bridgehead atoms. The Kier molecular flexibility index (Phi) is 9.71. The highest BCUT2D eigenvalue weighted by atomic mass is 35.5. The molecular formula is C15H25ClN4O5S. The summed E-state index contributed by atoms with van der Waals surface area (Å²) in [6.45, 7) is 3.91. The second kappa shape index (κ2) is 10.4. The molecule has 0 unspecified atom stereocenters. The van der Waals surface area contributed by atoms with Gasteiger partial charge < -0.3 is 11.1 Å². The molecular weight excluding hydrogens is 384 g/mol. The summed E-state index contributed by atoms with van der Waals surface area (Å²) in [4.78, 5) is 22.0. The maximum Gasteiger partial charge on any atom is 0.289 e. The second-order valence-corrected chi connectivity index (χ2v) is 7.31. The number of halogens is 1. The highest BCUT2D eigenvalue weighted by Crippen LogP contribution is 2.25. The van der Waals surface area contributed by atoms with E-state index in [-0.39, 0.29) is 37.9 Å². The minimum Gasteiger partial charge on any atom is -0.354 e. The summed E-state index contributed by atoms with van der Waals surface area (Å²) in [5, 5.41) is 13.6. The van der Waals surface area contributed by atoms with Crippen LogP contribution in [-0.4, -0.2) is 38.9 Å². The fourth-order valence-electron chi connectivity index (χ4n) is 2.41. The van der Waals surface area contributed by atoms with Gasteiger partial charge in [0.2, 0.25) is 15.9 Å². The lowest BCUT2D eigenvalue weighted by atomic mass is 9.81. The van der Waals surface area contributed by atoms with Gasteiger partial charge in [-0.05, 0) is 18.9 Å². The third-order valence-electron chi connectivity index (χ3n) is 4.28. The van der Waals surface area contributed by atoms with Crippen LogP contribution in [0.4, 0.5) is 5.69 Å². The third kappa shape index (κ3) is 5.63. The summed E-state index contributed by atoms with van der Waals surface area (Å²) in [5.41, 5.74) is 4.52. The van der Waals surface area contributed by atoms with Gasteiger partial charge in [0.25, 0.3) is 5.69 Å². The molecule has 0 atom stereocenters. The van der Waals surface area contributed by atoms with E-state index >= 15 is 0 Å². The average Bonchev–Trinajstić information content (AvgIpc) is 2.60. The van der Waals surface area contributed by atoms with Crippen LogP contribution in [0.2, 0.25) is 0 Å². The van der Waals surface area contributed by atoms with E-state index in [4.69, 9.17) is 5.73 Å². The van der Waals surface area contributed by atoms with Crippen molar-refractivity contribution in [3.05, 3.63) is 34.4 Å². The number of benzene rings is 1. The van der Waals surface area contributed by atoms with Crippen LogP contribution in [-0.2, 0) is 14.8 Å². The van der Waals surface area contributed by atoms with E-state index in [2.05, 4.69) is 10.0 Å². The number of rotatable bonds is 10. The van der Waals surface area contributed by atoms with Crippen LogP contribution < -0.4 is 15.8 Å². The second-order valence-electron chi connectivity index (χ2n) is 5.57. The van der Waals surface area contributed by atoms with Crippen molar-refractivity contribution in [3.8, 4) is 0 Å². The molecule has 0 spiro atoms. The Labute approximate surface area is 159 Å². The summed E-state index contributed by atoms with van der Waals surface area (Å²) in [7, 11) is -4.05. The highest BCUT2D eigenvalue weighted by Gasteiger charge is 2.33. The van der Waals surface area contributed by atoms with Gasteiger partial charge in [0.1, 0.15) is 0 Å². The van der Waals surface area contributed by atoms with Crippen LogP contribution in [0.1, 0.15) is 26.7 Å². The molecule has 0 aromatic heterocycles. The zero-order chi connectivity index (χ0) is 19.1. The summed E-state index contributed by atoms with van der Waals surface area (Å²) in [5.74, 6) is -0.232. The summed E-state index contributed by atoms with van der Waals surface area (Å²) < 4.78 is 26.7. The molecule has 148 valence electrons. The van der Waals surface area contributed by atoms with E-state index in [1.807, 2.05) is 13.8 Å². The average molecular weight is 409 g/mol. The predicted octanol–water partition coefficient (Wildman–Crippen LogP) is 1.18. The lowest BCUT2D eigenvalue weighted by Crippen LogP contribution is -2.47. The van der Waals surface area contributed by atoms with Gasteiger partial charge in [0, 0.05) is 25.7 Å². The fourth-order valence-corrected chi connectivity index (χ4v) is 3.62. The van der Waals surface area contributed by atoms with Crippen molar-refractivity contribution in [2.75, 3.05) is 19.6 Å². The van der Waals surface area contributed by atoms with Crippen LogP contribution in [0.15, 0.2) is 29.2 Å². The maximum absolute atomic E-state index is 12.2. The number of hydrogen-bond acceptors (Lipinski definition) is 6. The summed E-state index contributed by atoms with van der Waals surface area (Å²) in [6, 6.07) is 5.07. The normalized spacial score (nSPS) is 11.5. The molecule has 1 rings (SSSR count). The zero-order valence-electron chi connectivity index (χ0n) is 14.7. The first-order valence-corrected chi connectivity index (χ1v) is 9.44. The standard InChI is InChI=1S/C15H24N4O5S.ClH/c1-3-15(4-2,11-16)14(20)17-9-10-18-25(23,24)13-8-6-5-7-12(13)19(21)22;/h5-8,18H,3-4,9-11,16H2,1-2H3,(H,17,20);1H. The minimum absolute atomic E-state index is 0. The molecule has 1 aromatic rings. The van der Waals surface area contributed by atoms with Crippen LogP contribution >= 0.6 is 12.4 Å². The lowest BCUT2D eigenvalue weighted by Gasteiger charge is -2.28. The molecule has 9 nitrogen and oxygen atoms in total. The largest absolute Gasteiger partial charge is 0.354 e. The topological polar surface area (TPSA) is 144 Å². The number of sulfonamides is 1. The summed E-state index contributed by atoms with van der Waals surface area (Å²) in [6.07, 6.45) is 1.15. The van der Waals surface area contributed by atoms with Crippen molar-refractivity contribution < 1.29 is 18.1 Å². The van der Waals surface area contributed by atoms with Crippen molar-refractivity contribution >= 4 is 34.0 Å². The Morgan fingerprint density at radius 1 is 1.23 bits per heavy atom. The van der Waals surface area contributed by atoms with E-state index in [1.54, 1.807) is 0 Å². The molecule has 0 aliphatic heterocycles. The first kappa shape index (κ1) is 24.2. The molecule has 4 N–H and O–H groups in total. The van der Waals surface area contributed by atoms with E-state index in [0.29, 0.717) is 12.8 Å². The van der Waals surface area contributed by atoms with E-state index in [0.717, 1.165) is 12.1 Å². The summed E-state index contributed by atoms with van der Waals surface area (Å²) >= 11 is 0. The van der Waals surface area contributed by atoms with E-state index in [1.165, 1.54) is 12.1 Å². The van der Waals surface area contributed by atoms with E-state index < -0.39 is 30.9 Å². The van der Waals surface area contributed by atoms with Crippen molar-refractivity contribution in [1.29, 1.82) is 0 Å². The number of nitrogens with zero attached hydrogens (tertiary/aromatic N) is 1. The molecule has 0 radical (unpaired) electrons. The molecule has 26 heavy (non-hydrogen) atoms. The molecule has 1 aromatic carbocycles. The van der Waals surface area contributed by atoms with Crippen molar-refractivity contribution in [3.63, 3.8) is 0 Å². The van der Waals surface area contributed by atoms with Gasteiger partial charge in [-0.1, -0.05) is 26.0 Å². The Morgan fingerprint density at radius 2 is 1.81 bits per heavy atom. The molecule has 0 aliphatic rings. The number of nitrogens with one attached hydrogen (secondary N) is 2. The van der Waals surface area contributed by atoms with Gasteiger partial charge in [-0.2, -0.15) is 0 Å². The monoisotopic (exact) mass is 408 g/mol. The molecule has 1 amide bonds. The number of carbonyl (C=O) groups is 1. The Bertz CT molecular complexity index is 714. The van der Waals surface area contributed by atoms with Crippen LogP contribution in [0, 0.1) is 15.5 Å². The number of para-hydroxylation sites is 1. The smallest absolute Gasteiger partial charge is 0.289 e. The predicted molar refractivity (Wildman–Crippen MR) is 101 cm³/mol. The number of amides is 1. The number of nitro groups is 1. The minimum atomic E-state index is -4.05. The van der Waals surface area contributed by atoms with Crippen LogP contribution in [0.5, 0.6) is 0 Å². The van der Waals surface area contributed by atoms with Crippen molar-refractivity contribution in [2.45, 2.75) is 31.6 Å². The zero-order valence-corrected chi connectivity index (χ0v) is 16.4. The van der Waals surface area contributed by atoms with Gasteiger partial charge in [0.05, 0.1) is 10.3 Å². The van der Waals surface area contributed by atoms with Crippen molar-refractivity contribution in [1.82, 2.24) is 10.0 Å². The van der Waals surface area contributed by atoms with Gasteiger partial charge in [-0.25, -0.2) is 13.1 Å². The highest BCUT2D eigenvalue weighted by molar-refractivity contribution is 7.89. The quantitative estimate of drug-likeness (QED) is 0.301. The molecule has 0 fully saturated rings. The van der Waals surface area contributed by atoms with Gasteiger partial charge >= 0.3 is 0 Å². The fraction of sp³-hybridized carbons (Fsp3) is 0.533. The van der Waals surface area contributed by atoms with Crippen molar-refractivity contribution in [2.24, 2.45) is 11.1 Å². The molecule has 0 heterocycles. The number of carbonyl (C=O) groups excluding carboxylic acids is 1. The SMILES string of the molecule is CCC(CC)(CN)C(=O)NCCNS(=O)(=O)c1ccccc1[N+](=O)[O-].Cl. The van der Waals surface area contributed by atoms with Gasteiger partial charge in [0.15, 0.2) is 4.90 Å². The van der Waals surface area contributed by atoms with E-state index in [9.17, 15) is 23.3 Å². The molecule has 0 saturated carbocycles. The van der Waals surface area contributed by atoms with Gasteiger partial charge in [-0.3, -0.25) is 14.9 Å². The number of nitrogens with two attached hydrogens (primary N) is 1. The Hall–Kier alpha value is -1.75. The van der Waals surface area contributed by atoms with Crippen LogP contribution in [0.25, 0.3) is 0 Å². The van der Waals surface area contributed by atoms with Gasteiger partial charge in [-0.15, -0.1) is 12.4 Å². The lowest BCUT2D eigenvalue weighted by molar-refractivity contribution is -0.387. The molecule has 0 aliphatic carbocycles. The number of hydrogen-bond donors (Lipinski definition) is 3. The maximum atomic E-state index is 12.2. The Balaban J connectivity index is 0.00000625.